The first kappa shape index (κ1) is 29.2. The van der Waals surface area contributed by atoms with Crippen molar-refractivity contribution in [3.05, 3.63) is 94.2 Å². The van der Waals surface area contributed by atoms with Crippen LogP contribution in [-0.4, -0.2) is 47.9 Å². The van der Waals surface area contributed by atoms with Gasteiger partial charge in [-0.2, -0.15) is 0 Å². The minimum Gasteiger partial charge on any atom is -0.445 e. The number of rotatable bonds is 14. The number of benzene rings is 2. The van der Waals surface area contributed by atoms with Gasteiger partial charge in [0, 0.05) is 17.2 Å². The van der Waals surface area contributed by atoms with Gasteiger partial charge in [-0.1, -0.05) is 66.7 Å². The molecule has 8 nitrogen and oxygen atoms in total. The molecule has 0 saturated carbocycles. The van der Waals surface area contributed by atoms with E-state index in [9.17, 15) is 19.2 Å². The van der Waals surface area contributed by atoms with Crippen molar-refractivity contribution in [1.82, 2.24) is 10.6 Å². The Hall–Kier alpha value is -3.82. The van der Waals surface area contributed by atoms with Crippen molar-refractivity contribution in [2.24, 2.45) is 5.92 Å². The Kier molecular flexibility index (Phi) is 9.84. The molecular weight excluding hydrogens is 528 g/mol. The molecule has 210 valence electrons. The molecule has 1 aliphatic rings. The van der Waals surface area contributed by atoms with Crippen LogP contribution >= 0.6 is 11.3 Å². The third kappa shape index (κ3) is 8.34. The Morgan fingerprint density at radius 3 is 2.17 bits per heavy atom. The van der Waals surface area contributed by atoms with E-state index in [0.29, 0.717) is 19.4 Å². The van der Waals surface area contributed by atoms with Gasteiger partial charge in [0.25, 0.3) is 0 Å². The number of Topliss-reactive ketones (excluding diaryl/α,β-unsaturated/α-hetero) is 2. The first-order chi connectivity index (χ1) is 19.2. The lowest BCUT2D eigenvalue weighted by molar-refractivity contribution is -0.134. The molecule has 2 amide bonds. The molecule has 40 heavy (non-hydrogen) atoms. The standard InChI is InChI=1S/C31H34N2O6S/c1-21(32-30(37)38-19-23-12-7-4-8-13-23)27(34)18-24(17-25-14-9-15-40-25)29(36)33-26(28(35)31(2)20-39-31)16-22-10-5-3-6-11-22/h3-15,21,24,26H,16-20H2,1-2H3,(H,32,37)(H,33,36)/t21?,24-,26+,31?/m1/s1. The Labute approximate surface area is 238 Å². The summed E-state index contributed by atoms with van der Waals surface area (Å²) in [7, 11) is 0. The Balaban J connectivity index is 1.41. The average Bonchev–Trinajstić information content (AvgIpc) is 3.50. The van der Waals surface area contributed by atoms with Gasteiger partial charge in [0.2, 0.25) is 5.91 Å². The molecule has 0 bridgehead atoms. The van der Waals surface area contributed by atoms with Gasteiger partial charge in [-0.15, -0.1) is 11.3 Å². The van der Waals surface area contributed by atoms with Gasteiger partial charge in [0.15, 0.2) is 11.6 Å². The number of ketones is 2. The van der Waals surface area contributed by atoms with E-state index in [1.807, 2.05) is 78.2 Å². The molecule has 3 aromatic rings. The van der Waals surface area contributed by atoms with E-state index in [0.717, 1.165) is 16.0 Å². The van der Waals surface area contributed by atoms with Crippen molar-refractivity contribution in [1.29, 1.82) is 0 Å². The predicted molar refractivity (Wildman–Crippen MR) is 152 cm³/mol. The van der Waals surface area contributed by atoms with E-state index >= 15 is 0 Å². The summed E-state index contributed by atoms with van der Waals surface area (Å²) in [4.78, 5) is 53.2. The van der Waals surface area contributed by atoms with Gasteiger partial charge < -0.3 is 20.1 Å². The normalized spacial score (nSPS) is 18.1. The molecule has 2 unspecified atom stereocenters. The molecule has 0 aliphatic carbocycles. The molecule has 4 atom stereocenters. The molecule has 1 fully saturated rings. The summed E-state index contributed by atoms with van der Waals surface area (Å²) in [6.07, 6.45) is -0.172. The summed E-state index contributed by atoms with van der Waals surface area (Å²) in [6.45, 7) is 3.68. The highest BCUT2D eigenvalue weighted by Crippen LogP contribution is 2.29. The van der Waals surface area contributed by atoms with Crippen LogP contribution in [0, 0.1) is 5.92 Å². The molecule has 1 aliphatic heterocycles. The summed E-state index contributed by atoms with van der Waals surface area (Å²) in [5.74, 6) is -1.62. The van der Waals surface area contributed by atoms with Crippen molar-refractivity contribution in [3.63, 3.8) is 0 Å². The molecule has 9 heteroatoms. The minimum absolute atomic E-state index is 0.0798. The van der Waals surface area contributed by atoms with Gasteiger partial charge in [-0.05, 0) is 49.3 Å². The maximum atomic E-state index is 13.6. The third-order valence-electron chi connectivity index (χ3n) is 6.89. The molecule has 1 saturated heterocycles. The van der Waals surface area contributed by atoms with Crippen LogP contribution in [0.4, 0.5) is 4.79 Å². The zero-order chi connectivity index (χ0) is 28.5. The fourth-order valence-corrected chi connectivity index (χ4v) is 5.13. The molecule has 0 spiro atoms. The third-order valence-corrected chi connectivity index (χ3v) is 7.79. The Morgan fingerprint density at radius 2 is 1.57 bits per heavy atom. The topological polar surface area (TPSA) is 114 Å². The zero-order valence-corrected chi connectivity index (χ0v) is 23.4. The van der Waals surface area contributed by atoms with E-state index in [4.69, 9.17) is 9.47 Å². The fraction of sp³-hybridized carbons (Fsp3) is 0.355. The number of thiophene rings is 1. The highest BCUT2D eigenvalue weighted by atomic mass is 32.1. The SMILES string of the molecule is CC(NC(=O)OCc1ccccc1)C(=O)C[C@@H](Cc1cccs1)C(=O)N[C@@H](Cc1ccccc1)C(=O)C1(C)CO1. The van der Waals surface area contributed by atoms with E-state index in [1.165, 1.54) is 11.3 Å². The second kappa shape index (κ2) is 13.5. The number of amides is 2. The number of carbonyl (C=O) groups is 4. The fourth-order valence-electron chi connectivity index (χ4n) is 4.34. The summed E-state index contributed by atoms with van der Waals surface area (Å²) >= 11 is 1.49. The predicted octanol–water partition coefficient (Wildman–Crippen LogP) is 4.27. The van der Waals surface area contributed by atoms with Crippen molar-refractivity contribution >= 4 is 34.9 Å². The summed E-state index contributed by atoms with van der Waals surface area (Å²) in [6, 6.07) is 20.8. The monoisotopic (exact) mass is 562 g/mol. The largest absolute Gasteiger partial charge is 0.445 e. The molecule has 1 aromatic heterocycles. The molecule has 4 rings (SSSR count). The highest BCUT2D eigenvalue weighted by molar-refractivity contribution is 7.09. The first-order valence-corrected chi connectivity index (χ1v) is 14.2. The lowest BCUT2D eigenvalue weighted by Crippen LogP contribution is -2.50. The van der Waals surface area contributed by atoms with Crippen molar-refractivity contribution in [2.75, 3.05) is 6.61 Å². The Bertz CT molecular complexity index is 1290. The molecular formula is C31H34N2O6S. The smallest absolute Gasteiger partial charge is 0.408 e. The van der Waals surface area contributed by atoms with Crippen LogP contribution in [0.5, 0.6) is 0 Å². The van der Waals surface area contributed by atoms with Crippen LogP contribution in [0.3, 0.4) is 0 Å². The second-order valence-corrected chi connectivity index (χ2v) is 11.2. The lowest BCUT2D eigenvalue weighted by atomic mass is 9.91. The van der Waals surface area contributed by atoms with Crippen molar-refractivity contribution in [2.45, 2.75) is 57.4 Å². The van der Waals surface area contributed by atoms with Crippen LogP contribution in [0.15, 0.2) is 78.2 Å². The van der Waals surface area contributed by atoms with Crippen LogP contribution in [-0.2, 0) is 43.3 Å². The van der Waals surface area contributed by atoms with Crippen molar-refractivity contribution in [3.8, 4) is 0 Å². The quantitative estimate of drug-likeness (QED) is 0.284. The summed E-state index contributed by atoms with van der Waals surface area (Å²) < 4.78 is 10.6. The van der Waals surface area contributed by atoms with Gasteiger partial charge in [-0.3, -0.25) is 14.4 Å². The number of hydrogen-bond acceptors (Lipinski definition) is 7. The Morgan fingerprint density at radius 1 is 0.925 bits per heavy atom. The minimum atomic E-state index is -0.912. The van der Waals surface area contributed by atoms with Crippen LogP contribution < -0.4 is 10.6 Å². The van der Waals surface area contributed by atoms with Crippen LogP contribution in [0.1, 0.15) is 36.3 Å². The summed E-state index contributed by atoms with van der Waals surface area (Å²) in [5, 5.41) is 7.39. The molecule has 2 aromatic carbocycles. The van der Waals surface area contributed by atoms with Gasteiger partial charge in [0.1, 0.15) is 12.2 Å². The van der Waals surface area contributed by atoms with Gasteiger partial charge in [0.05, 0.1) is 18.7 Å². The van der Waals surface area contributed by atoms with E-state index < -0.39 is 29.7 Å². The number of nitrogens with one attached hydrogen (secondary N) is 2. The summed E-state index contributed by atoms with van der Waals surface area (Å²) in [5.41, 5.74) is 0.821. The molecule has 0 radical (unpaired) electrons. The van der Waals surface area contributed by atoms with Crippen molar-refractivity contribution < 1.29 is 28.7 Å². The van der Waals surface area contributed by atoms with E-state index in [-0.39, 0.29) is 30.5 Å². The average molecular weight is 563 g/mol. The number of epoxide rings is 1. The number of alkyl carbamates (subject to hydrolysis) is 1. The second-order valence-electron chi connectivity index (χ2n) is 10.2. The maximum Gasteiger partial charge on any atom is 0.408 e. The maximum absolute atomic E-state index is 13.6. The molecule has 2 N–H and O–H groups in total. The number of carbonyl (C=O) groups excluding carboxylic acids is 4. The van der Waals surface area contributed by atoms with Gasteiger partial charge in [-0.25, -0.2) is 4.79 Å². The lowest BCUT2D eigenvalue weighted by Gasteiger charge is -2.24. The van der Waals surface area contributed by atoms with E-state index in [1.54, 1.807) is 13.8 Å². The van der Waals surface area contributed by atoms with Gasteiger partial charge >= 0.3 is 6.09 Å². The zero-order valence-electron chi connectivity index (χ0n) is 22.6. The first-order valence-electron chi connectivity index (χ1n) is 13.3. The number of ether oxygens (including phenoxy) is 2. The number of hydrogen-bond donors (Lipinski definition) is 2. The highest BCUT2D eigenvalue weighted by Gasteiger charge is 2.50. The van der Waals surface area contributed by atoms with Crippen LogP contribution in [0.25, 0.3) is 0 Å². The molecule has 2 heterocycles. The van der Waals surface area contributed by atoms with Crippen LogP contribution in [0.2, 0.25) is 0 Å². The van der Waals surface area contributed by atoms with E-state index in [2.05, 4.69) is 10.6 Å².